The number of aliphatic carboxylic acids is 1. The SMILES string of the molecule is O=C(O)Cn1c2c(c3cc(F)ccc31)CC(Nc1nc3ccccc3s1)CC2. The Labute approximate surface area is 164 Å². The summed E-state index contributed by atoms with van der Waals surface area (Å²) >= 11 is 1.63. The molecular formula is C21H18FN3O2S. The van der Waals surface area contributed by atoms with Gasteiger partial charge in [0, 0.05) is 22.6 Å². The summed E-state index contributed by atoms with van der Waals surface area (Å²) in [5.74, 6) is -1.19. The van der Waals surface area contributed by atoms with Crippen molar-refractivity contribution in [2.45, 2.75) is 31.8 Å². The van der Waals surface area contributed by atoms with Gasteiger partial charge in [0.25, 0.3) is 0 Å². The molecule has 2 N–H and O–H groups in total. The van der Waals surface area contributed by atoms with Crippen LogP contribution < -0.4 is 5.32 Å². The second-order valence-electron chi connectivity index (χ2n) is 7.14. The van der Waals surface area contributed by atoms with Crippen molar-refractivity contribution in [3.63, 3.8) is 0 Å². The third-order valence-electron chi connectivity index (χ3n) is 5.34. The van der Waals surface area contributed by atoms with Crippen LogP contribution in [0, 0.1) is 5.82 Å². The van der Waals surface area contributed by atoms with E-state index in [-0.39, 0.29) is 18.4 Å². The second kappa shape index (κ2) is 6.60. The number of carboxylic acids is 1. The summed E-state index contributed by atoms with van der Waals surface area (Å²) in [6.07, 6.45) is 2.35. The Hall–Kier alpha value is -2.93. The molecule has 0 bridgehead atoms. The third kappa shape index (κ3) is 2.92. The van der Waals surface area contributed by atoms with Crippen molar-refractivity contribution in [3.05, 3.63) is 59.5 Å². The number of halogens is 1. The van der Waals surface area contributed by atoms with Gasteiger partial charge in [-0.25, -0.2) is 9.37 Å². The van der Waals surface area contributed by atoms with Gasteiger partial charge >= 0.3 is 5.97 Å². The van der Waals surface area contributed by atoms with E-state index < -0.39 is 5.97 Å². The lowest BCUT2D eigenvalue weighted by atomic mass is 9.91. The first-order valence-electron chi connectivity index (χ1n) is 9.22. The summed E-state index contributed by atoms with van der Waals surface area (Å²) in [6.45, 7) is -0.104. The number of benzene rings is 2. The maximum atomic E-state index is 13.9. The molecule has 4 aromatic rings. The fourth-order valence-corrected chi connectivity index (χ4v) is 5.11. The topological polar surface area (TPSA) is 67.2 Å². The molecule has 1 aliphatic carbocycles. The number of rotatable bonds is 4. The van der Waals surface area contributed by atoms with E-state index in [0.29, 0.717) is 0 Å². The van der Waals surface area contributed by atoms with Crippen molar-refractivity contribution < 1.29 is 14.3 Å². The molecule has 2 aromatic heterocycles. The molecule has 0 amide bonds. The number of nitrogens with zero attached hydrogens (tertiary/aromatic N) is 2. The van der Waals surface area contributed by atoms with Crippen molar-refractivity contribution in [1.82, 2.24) is 9.55 Å². The zero-order valence-electron chi connectivity index (χ0n) is 15.0. The van der Waals surface area contributed by atoms with Crippen molar-refractivity contribution >= 4 is 43.6 Å². The van der Waals surface area contributed by atoms with Crippen LogP contribution in [0.4, 0.5) is 9.52 Å². The van der Waals surface area contributed by atoms with Gasteiger partial charge in [-0.2, -0.15) is 0 Å². The molecule has 28 heavy (non-hydrogen) atoms. The first kappa shape index (κ1) is 17.2. The Balaban J connectivity index is 1.49. The molecule has 0 radical (unpaired) electrons. The van der Waals surface area contributed by atoms with E-state index in [9.17, 15) is 14.3 Å². The van der Waals surface area contributed by atoms with Crippen molar-refractivity contribution in [3.8, 4) is 0 Å². The summed E-state index contributed by atoms with van der Waals surface area (Å²) in [5.41, 5.74) is 3.81. The maximum Gasteiger partial charge on any atom is 0.323 e. The summed E-state index contributed by atoms with van der Waals surface area (Å²) in [4.78, 5) is 16.0. The molecule has 5 rings (SSSR count). The summed E-state index contributed by atoms with van der Waals surface area (Å²) in [6, 6.07) is 12.8. The quantitative estimate of drug-likeness (QED) is 0.536. The molecule has 142 valence electrons. The van der Waals surface area contributed by atoms with Gasteiger partial charge in [-0.15, -0.1) is 0 Å². The van der Waals surface area contributed by atoms with Crippen molar-refractivity contribution in [1.29, 1.82) is 0 Å². The average molecular weight is 395 g/mol. The average Bonchev–Trinajstić information content (AvgIpc) is 3.20. The normalized spacial score (nSPS) is 16.4. The predicted octanol–water partition coefficient (Wildman–Crippen LogP) is 4.44. The highest BCUT2D eigenvalue weighted by Crippen LogP contribution is 2.34. The Morgan fingerprint density at radius 1 is 1.32 bits per heavy atom. The van der Waals surface area contributed by atoms with Crippen LogP contribution in [0.25, 0.3) is 21.1 Å². The number of fused-ring (bicyclic) bond motifs is 4. The minimum atomic E-state index is -0.890. The van der Waals surface area contributed by atoms with E-state index in [1.54, 1.807) is 17.4 Å². The molecule has 7 heteroatoms. The molecule has 2 heterocycles. The van der Waals surface area contributed by atoms with Crippen molar-refractivity contribution in [2.24, 2.45) is 0 Å². The first-order chi connectivity index (χ1) is 13.6. The fraction of sp³-hybridized carbons (Fsp3) is 0.238. The Morgan fingerprint density at radius 2 is 2.18 bits per heavy atom. The van der Waals surface area contributed by atoms with E-state index in [2.05, 4.69) is 16.4 Å². The standard InChI is InChI=1S/C21H18FN3O2S/c22-12-5-7-17-14(9-12)15-10-13(6-8-18(15)25(17)11-20(26)27)23-21-24-16-3-1-2-4-19(16)28-21/h1-5,7,9,13H,6,8,10-11H2,(H,23,24)(H,26,27). The highest BCUT2D eigenvalue weighted by molar-refractivity contribution is 7.22. The van der Waals surface area contributed by atoms with E-state index in [1.165, 1.54) is 12.1 Å². The van der Waals surface area contributed by atoms with Crippen LogP contribution in [-0.4, -0.2) is 26.7 Å². The van der Waals surface area contributed by atoms with E-state index >= 15 is 0 Å². The minimum absolute atomic E-state index is 0.104. The molecule has 0 fully saturated rings. The number of aromatic nitrogens is 2. The van der Waals surface area contributed by atoms with E-state index in [1.807, 2.05) is 22.8 Å². The van der Waals surface area contributed by atoms with E-state index in [4.69, 9.17) is 0 Å². The van der Waals surface area contributed by atoms with Crippen LogP contribution in [0.15, 0.2) is 42.5 Å². The number of carboxylic acid groups (broad SMARTS) is 1. The van der Waals surface area contributed by atoms with Crippen LogP contribution in [0.2, 0.25) is 0 Å². The number of thiazole rings is 1. The molecule has 1 aliphatic rings. The molecule has 2 aromatic carbocycles. The molecule has 1 atom stereocenters. The molecule has 0 saturated carbocycles. The third-order valence-corrected chi connectivity index (χ3v) is 6.31. The van der Waals surface area contributed by atoms with Gasteiger partial charge in [-0.05, 0) is 55.2 Å². The van der Waals surface area contributed by atoms with Gasteiger partial charge in [0.15, 0.2) is 5.13 Å². The van der Waals surface area contributed by atoms with Crippen LogP contribution in [0.3, 0.4) is 0 Å². The molecule has 0 saturated heterocycles. The van der Waals surface area contributed by atoms with Gasteiger partial charge in [0.05, 0.1) is 10.2 Å². The molecular weight excluding hydrogens is 377 g/mol. The number of hydrogen-bond donors (Lipinski definition) is 2. The number of hydrogen-bond acceptors (Lipinski definition) is 4. The minimum Gasteiger partial charge on any atom is -0.480 e. The molecule has 0 spiro atoms. The van der Waals surface area contributed by atoms with Crippen LogP contribution in [0.1, 0.15) is 17.7 Å². The lowest BCUT2D eigenvalue weighted by Gasteiger charge is -2.24. The Kier molecular flexibility index (Phi) is 4.05. The number of carbonyl (C=O) groups is 1. The molecule has 5 nitrogen and oxygen atoms in total. The van der Waals surface area contributed by atoms with Crippen LogP contribution in [0.5, 0.6) is 0 Å². The second-order valence-corrected chi connectivity index (χ2v) is 8.17. The van der Waals surface area contributed by atoms with E-state index in [0.717, 1.165) is 56.8 Å². The zero-order valence-corrected chi connectivity index (χ0v) is 15.8. The Morgan fingerprint density at radius 3 is 3.00 bits per heavy atom. The summed E-state index contributed by atoms with van der Waals surface area (Å²) in [5, 5.41) is 14.5. The molecule has 1 unspecified atom stereocenters. The monoisotopic (exact) mass is 395 g/mol. The number of anilines is 1. The van der Waals surface area contributed by atoms with Gasteiger partial charge in [0.2, 0.25) is 0 Å². The first-order valence-corrected chi connectivity index (χ1v) is 10.0. The smallest absolute Gasteiger partial charge is 0.323 e. The Bertz CT molecular complexity index is 1180. The predicted molar refractivity (Wildman–Crippen MR) is 109 cm³/mol. The van der Waals surface area contributed by atoms with Crippen LogP contribution in [-0.2, 0) is 24.2 Å². The maximum absolute atomic E-state index is 13.9. The highest BCUT2D eigenvalue weighted by Gasteiger charge is 2.27. The van der Waals surface area contributed by atoms with Crippen LogP contribution >= 0.6 is 11.3 Å². The van der Waals surface area contributed by atoms with Crippen molar-refractivity contribution in [2.75, 3.05) is 5.32 Å². The van der Waals surface area contributed by atoms with Gasteiger partial charge < -0.3 is 15.0 Å². The lowest BCUT2D eigenvalue weighted by Crippen LogP contribution is -2.28. The highest BCUT2D eigenvalue weighted by atomic mass is 32.1. The number of nitrogens with one attached hydrogen (secondary N) is 1. The summed E-state index contributed by atoms with van der Waals surface area (Å²) in [7, 11) is 0. The fourth-order valence-electron chi connectivity index (χ4n) is 4.17. The van der Waals surface area contributed by atoms with Gasteiger partial charge in [0.1, 0.15) is 12.4 Å². The molecule has 0 aliphatic heterocycles. The largest absolute Gasteiger partial charge is 0.480 e. The van der Waals surface area contributed by atoms with Gasteiger partial charge in [-0.1, -0.05) is 23.5 Å². The lowest BCUT2D eigenvalue weighted by molar-refractivity contribution is -0.137. The zero-order chi connectivity index (χ0) is 19.3. The van der Waals surface area contributed by atoms with Gasteiger partial charge in [-0.3, -0.25) is 4.79 Å². The summed E-state index contributed by atoms with van der Waals surface area (Å²) < 4.78 is 16.9. The number of para-hydroxylation sites is 1.